The van der Waals surface area contributed by atoms with E-state index in [0.717, 1.165) is 0 Å². The number of carbonyl (C=O) groups excluding carboxylic acids is 1. The SMILES string of the molecule is C[C@H](N)C(=O)NCc1cc2c(s1)CCC2. The van der Waals surface area contributed by atoms with Crippen LogP contribution in [0.25, 0.3) is 0 Å². The third-order valence-corrected chi connectivity index (χ3v) is 3.89. The molecule has 0 aliphatic heterocycles. The molecule has 1 aromatic heterocycles. The van der Waals surface area contributed by atoms with E-state index in [9.17, 15) is 4.79 Å². The molecule has 2 rings (SSSR count). The molecule has 0 aromatic carbocycles. The summed E-state index contributed by atoms with van der Waals surface area (Å²) in [5.41, 5.74) is 6.94. The molecule has 1 atom stereocenters. The molecule has 0 spiro atoms. The predicted octanol–water partition coefficient (Wildman–Crippen LogP) is 1.20. The van der Waals surface area contributed by atoms with E-state index in [0.29, 0.717) is 6.54 Å². The van der Waals surface area contributed by atoms with Crippen molar-refractivity contribution in [3.63, 3.8) is 0 Å². The largest absolute Gasteiger partial charge is 0.350 e. The lowest BCUT2D eigenvalue weighted by molar-refractivity contribution is -0.122. The lowest BCUT2D eigenvalue weighted by atomic mass is 10.2. The van der Waals surface area contributed by atoms with E-state index in [1.807, 2.05) is 11.3 Å². The average Bonchev–Trinajstić information content (AvgIpc) is 2.72. The highest BCUT2D eigenvalue weighted by molar-refractivity contribution is 7.12. The van der Waals surface area contributed by atoms with Crippen LogP contribution in [0.1, 0.15) is 28.7 Å². The Morgan fingerprint density at radius 3 is 3.13 bits per heavy atom. The fraction of sp³-hybridized carbons (Fsp3) is 0.545. The maximum atomic E-state index is 11.3. The topological polar surface area (TPSA) is 55.1 Å². The summed E-state index contributed by atoms with van der Waals surface area (Å²) in [6, 6.07) is 1.80. The molecule has 0 radical (unpaired) electrons. The van der Waals surface area contributed by atoms with Gasteiger partial charge in [0.05, 0.1) is 12.6 Å². The second kappa shape index (κ2) is 4.33. The zero-order valence-electron chi connectivity index (χ0n) is 8.88. The van der Waals surface area contributed by atoms with Gasteiger partial charge < -0.3 is 11.1 Å². The molecule has 1 heterocycles. The number of nitrogens with one attached hydrogen (secondary N) is 1. The number of carbonyl (C=O) groups is 1. The Morgan fingerprint density at radius 2 is 2.47 bits per heavy atom. The smallest absolute Gasteiger partial charge is 0.236 e. The first-order valence-corrected chi connectivity index (χ1v) is 6.12. The first kappa shape index (κ1) is 10.6. The number of hydrogen-bond acceptors (Lipinski definition) is 3. The van der Waals surface area contributed by atoms with E-state index in [4.69, 9.17) is 5.73 Å². The Morgan fingerprint density at radius 1 is 1.67 bits per heavy atom. The standard InChI is InChI=1S/C11H16N2OS/c1-7(12)11(14)13-6-9-5-8-3-2-4-10(8)15-9/h5,7H,2-4,6,12H2,1H3,(H,13,14)/t7-/m0/s1. The fourth-order valence-corrected chi connectivity index (χ4v) is 3.01. The first-order chi connectivity index (χ1) is 7.16. The number of aryl methyl sites for hydroxylation is 2. The maximum absolute atomic E-state index is 11.3. The van der Waals surface area contributed by atoms with Crippen LogP contribution in [0, 0.1) is 0 Å². The lowest BCUT2D eigenvalue weighted by Gasteiger charge is -2.05. The monoisotopic (exact) mass is 224 g/mol. The van der Waals surface area contributed by atoms with Gasteiger partial charge >= 0.3 is 0 Å². The van der Waals surface area contributed by atoms with Gasteiger partial charge in [-0.3, -0.25) is 4.79 Å². The van der Waals surface area contributed by atoms with Crippen molar-refractivity contribution in [1.29, 1.82) is 0 Å². The Kier molecular flexibility index (Phi) is 3.07. The molecule has 1 aliphatic carbocycles. The van der Waals surface area contributed by atoms with E-state index in [-0.39, 0.29) is 5.91 Å². The van der Waals surface area contributed by atoms with Crippen molar-refractivity contribution in [1.82, 2.24) is 5.32 Å². The van der Waals surface area contributed by atoms with Gasteiger partial charge in [-0.2, -0.15) is 0 Å². The van der Waals surface area contributed by atoms with Crippen molar-refractivity contribution in [2.24, 2.45) is 5.73 Å². The molecular formula is C11H16N2OS. The fourth-order valence-electron chi connectivity index (χ4n) is 1.81. The van der Waals surface area contributed by atoms with Crippen molar-refractivity contribution >= 4 is 17.2 Å². The number of rotatable bonds is 3. The molecule has 15 heavy (non-hydrogen) atoms. The lowest BCUT2D eigenvalue weighted by Crippen LogP contribution is -2.37. The van der Waals surface area contributed by atoms with Crippen LogP contribution in [-0.2, 0) is 24.2 Å². The third kappa shape index (κ3) is 2.38. The third-order valence-electron chi connectivity index (χ3n) is 2.65. The molecule has 82 valence electrons. The average molecular weight is 224 g/mol. The van der Waals surface area contributed by atoms with Crippen LogP contribution in [0.15, 0.2) is 6.07 Å². The zero-order chi connectivity index (χ0) is 10.8. The van der Waals surface area contributed by atoms with Crippen molar-refractivity contribution < 1.29 is 4.79 Å². The van der Waals surface area contributed by atoms with Gasteiger partial charge in [-0.15, -0.1) is 11.3 Å². The quantitative estimate of drug-likeness (QED) is 0.810. The summed E-state index contributed by atoms with van der Waals surface area (Å²) < 4.78 is 0. The Hall–Kier alpha value is -0.870. The minimum absolute atomic E-state index is 0.0800. The van der Waals surface area contributed by atoms with E-state index in [2.05, 4.69) is 11.4 Å². The summed E-state index contributed by atoms with van der Waals surface area (Å²) in [4.78, 5) is 14.0. The van der Waals surface area contributed by atoms with Crippen LogP contribution < -0.4 is 11.1 Å². The Labute approximate surface area is 93.7 Å². The minimum atomic E-state index is -0.420. The van der Waals surface area contributed by atoms with E-state index < -0.39 is 6.04 Å². The van der Waals surface area contributed by atoms with E-state index in [1.165, 1.54) is 34.6 Å². The van der Waals surface area contributed by atoms with Crippen LogP contribution in [0.4, 0.5) is 0 Å². The molecule has 1 amide bonds. The Bertz CT molecular complexity index is 349. The molecule has 0 unspecified atom stereocenters. The number of nitrogens with two attached hydrogens (primary N) is 1. The summed E-state index contributed by atoms with van der Waals surface area (Å²) in [5, 5.41) is 2.83. The van der Waals surface area contributed by atoms with Crippen LogP contribution >= 0.6 is 11.3 Å². The van der Waals surface area contributed by atoms with Gasteiger partial charge in [0, 0.05) is 9.75 Å². The van der Waals surface area contributed by atoms with E-state index >= 15 is 0 Å². The molecule has 1 aromatic rings. The first-order valence-electron chi connectivity index (χ1n) is 5.30. The number of thiophene rings is 1. The molecule has 0 bridgehead atoms. The molecule has 1 aliphatic rings. The predicted molar refractivity (Wildman–Crippen MR) is 61.8 cm³/mol. The molecule has 0 saturated heterocycles. The van der Waals surface area contributed by atoms with Gasteiger partial charge in [0.2, 0.25) is 5.91 Å². The summed E-state index contributed by atoms with van der Waals surface area (Å²) in [5.74, 6) is -0.0800. The van der Waals surface area contributed by atoms with Gasteiger partial charge in [0.25, 0.3) is 0 Å². The summed E-state index contributed by atoms with van der Waals surface area (Å²) >= 11 is 1.82. The van der Waals surface area contributed by atoms with Crippen molar-refractivity contribution in [2.75, 3.05) is 0 Å². The highest BCUT2D eigenvalue weighted by atomic mass is 32.1. The van der Waals surface area contributed by atoms with Crippen molar-refractivity contribution in [3.8, 4) is 0 Å². The van der Waals surface area contributed by atoms with Crippen LogP contribution in [0.5, 0.6) is 0 Å². The Balaban J connectivity index is 1.92. The van der Waals surface area contributed by atoms with Crippen molar-refractivity contribution in [2.45, 2.75) is 38.8 Å². The zero-order valence-corrected chi connectivity index (χ0v) is 9.69. The second-order valence-corrected chi connectivity index (χ2v) is 5.24. The van der Waals surface area contributed by atoms with Crippen molar-refractivity contribution in [3.05, 3.63) is 21.4 Å². The van der Waals surface area contributed by atoms with Gasteiger partial charge in [-0.1, -0.05) is 0 Å². The van der Waals surface area contributed by atoms with Crippen LogP contribution in [-0.4, -0.2) is 11.9 Å². The molecule has 0 fully saturated rings. The number of fused-ring (bicyclic) bond motifs is 1. The molecule has 3 N–H and O–H groups in total. The summed E-state index contributed by atoms with van der Waals surface area (Å²) in [6.07, 6.45) is 3.70. The summed E-state index contributed by atoms with van der Waals surface area (Å²) in [6.45, 7) is 2.32. The van der Waals surface area contributed by atoms with Gasteiger partial charge in [0.15, 0.2) is 0 Å². The summed E-state index contributed by atoms with van der Waals surface area (Å²) in [7, 11) is 0. The molecule has 0 saturated carbocycles. The number of hydrogen-bond donors (Lipinski definition) is 2. The molecule has 3 nitrogen and oxygen atoms in total. The van der Waals surface area contributed by atoms with Gasteiger partial charge in [-0.25, -0.2) is 0 Å². The highest BCUT2D eigenvalue weighted by Gasteiger charge is 2.15. The second-order valence-electron chi connectivity index (χ2n) is 4.02. The minimum Gasteiger partial charge on any atom is -0.350 e. The van der Waals surface area contributed by atoms with Crippen LogP contribution in [0.2, 0.25) is 0 Å². The van der Waals surface area contributed by atoms with Crippen LogP contribution in [0.3, 0.4) is 0 Å². The van der Waals surface area contributed by atoms with Gasteiger partial charge in [0.1, 0.15) is 0 Å². The van der Waals surface area contributed by atoms with Gasteiger partial charge in [-0.05, 0) is 37.8 Å². The molecule has 4 heteroatoms. The molecular weight excluding hydrogens is 208 g/mol. The maximum Gasteiger partial charge on any atom is 0.236 e. The van der Waals surface area contributed by atoms with E-state index in [1.54, 1.807) is 6.92 Å². The normalized spacial score (nSPS) is 16.1. The highest BCUT2D eigenvalue weighted by Crippen LogP contribution is 2.30. The number of amides is 1.